The zero-order valence-corrected chi connectivity index (χ0v) is 10.9. The number of nitriles is 1. The van der Waals surface area contributed by atoms with E-state index in [1.165, 1.54) is 0 Å². The maximum absolute atomic E-state index is 12.0. The van der Waals surface area contributed by atoms with Crippen molar-refractivity contribution < 1.29 is 9.53 Å². The highest BCUT2D eigenvalue weighted by Gasteiger charge is 2.25. The Labute approximate surface area is 112 Å². The van der Waals surface area contributed by atoms with Gasteiger partial charge in [-0.1, -0.05) is 12.1 Å². The Morgan fingerprint density at radius 3 is 3.11 bits per heavy atom. The first-order valence-corrected chi connectivity index (χ1v) is 6.31. The highest BCUT2D eigenvalue weighted by atomic mass is 16.5. The van der Waals surface area contributed by atoms with Crippen LogP contribution in [0.4, 0.5) is 5.69 Å². The van der Waals surface area contributed by atoms with Crippen molar-refractivity contribution in [2.75, 3.05) is 25.5 Å². The molecule has 1 saturated heterocycles. The second-order valence-corrected chi connectivity index (χ2v) is 4.51. The minimum Gasteiger partial charge on any atom is -0.495 e. The van der Waals surface area contributed by atoms with Crippen molar-refractivity contribution in [2.45, 2.75) is 18.9 Å². The SMILES string of the molecule is COc1ccccc1NC(=O)CN1CCCC1C#N. The van der Waals surface area contributed by atoms with Crippen molar-refractivity contribution in [2.24, 2.45) is 0 Å². The molecular formula is C14H17N3O2. The van der Waals surface area contributed by atoms with Gasteiger partial charge in [-0.05, 0) is 25.0 Å². The molecule has 1 heterocycles. The lowest BCUT2D eigenvalue weighted by molar-refractivity contribution is -0.117. The van der Waals surface area contributed by atoms with E-state index in [2.05, 4.69) is 11.4 Å². The molecule has 19 heavy (non-hydrogen) atoms. The second-order valence-electron chi connectivity index (χ2n) is 4.51. The monoisotopic (exact) mass is 259 g/mol. The molecule has 1 N–H and O–H groups in total. The number of ether oxygens (including phenoxy) is 1. The number of hydrogen-bond acceptors (Lipinski definition) is 4. The molecule has 5 nitrogen and oxygen atoms in total. The third-order valence-corrected chi connectivity index (χ3v) is 3.24. The van der Waals surface area contributed by atoms with Crippen LogP contribution in [0, 0.1) is 11.3 Å². The van der Waals surface area contributed by atoms with Crippen molar-refractivity contribution >= 4 is 11.6 Å². The minimum atomic E-state index is -0.136. The highest BCUT2D eigenvalue weighted by Crippen LogP contribution is 2.23. The van der Waals surface area contributed by atoms with Gasteiger partial charge in [0.25, 0.3) is 0 Å². The van der Waals surface area contributed by atoms with Crippen LogP contribution in [0.1, 0.15) is 12.8 Å². The van der Waals surface area contributed by atoms with Crippen LogP contribution in [0.3, 0.4) is 0 Å². The summed E-state index contributed by atoms with van der Waals surface area (Å²) in [6, 6.07) is 9.37. The smallest absolute Gasteiger partial charge is 0.238 e. The number of rotatable bonds is 4. The molecular weight excluding hydrogens is 242 g/mol. The van der Waals surface area contributed by atoms with Crippen LogP contribution in [0.5, 0.6) is 5.75 Å². The lowest BCUT2D eigenvalue weighted by Gasteiger charge is -2.18. The van der Waals surface area contributed by atoms with Gasteiger partial charge in [-0.15, -0.1) is 0 Å². The van der Waals surface area contributed by atoms with Gasteiger partial charge in [0.15, 0.2) is 0 Å². The maximum atomic E-state index is 12.0. The molecule has 100 valence electrons. The number of para-hydroxylation sites is 2. The van der Waals surface area contributed by atoms with Gasteiger partial charge in [0.05, 0.1) is 31.5 Å². The van der Waals surface area contributed by atoms with Crippen LogP contribution < -0.4 is 10.1 Å². The predicted octanol–water partition coefficient (Wildman–Crippen LogP) is 1.62. The molecule has 5 heteroatoms. The lowest BCUT2D eigenvalue weighted by Crippen LogP contribution is -2.36. The Hall–Kier alpha value is -2.06. The highest BCUT2D eigenvalue weighted by molar-refractivity contribution is 5.93. The van der Waals surface area contributed by atoms with Gasteiger partial charge in [0.1, 0.15) is 5.75 Å². The number of amides is 1. The van der Waals surface area contributed by atoms with Gasteiger partial charge in [-0.3, -0.25) is 9.69 Å². The largest absolute Gasteiger partial charge is 0.495 e. The average Bonchev–Trinajstić information content (AvgIpc) is 2.86. The molecule has 1 fully saturated rings. The van der Waals surface area contributed by atoms with Gasteiger partial charge >= 0.3 is 0 Å². The van der Waals surface area contributed by atoms with E-state index in [1.54, 1.807) is 19.2 Å². The minimum absolute atomic E-state index is 0.119. The number of carbonyl (C=O) groups excluding carboxylic acids is 1. The molecule has 0 aliphatic carbocycles. The number of anilines is 1. The predicted molar refractivity (Wildman–Crippen MR) is 71.8 cm³/mol. The van der Waals surface area contributed by atoms with Crippen LogP contribution in [0.25, 0.3) is 0 Å². The first-order valence-electron chi connectivity index (χ1n) is 6.31. The van der Waals surface area contributed by atoms with E-state index < -0.39 is 0 Å². The fraction of sp³-hybridized carbons (Fsp3) is 0.429. The van der Waals surface area contributed by atoms with Crippen LogP contribution >= 0.6 is 0 Å². The molecule has 1 aromatic rings. The van der Waals surface area contributed by atoms with E-state index in [9.17, 15) is 4.79 Å². The van der Waals surface area contributed by atoms with Gasteiger partial charge in [0.2, 0.25) is 5.91 Å². The Bertz CT molecular complexity index is 496. The van der Waals surface area contributed by atoms with Gasteiger partial charge in [-0.2, -0.15) is 5.26 Å². The van der Waals surface area contributed by atoms with Gasteiger partial charge in [-0.25, -0.2) is 0 Å². The van der Waals surface area contributed by atoms with E-state index in [4.69, 9.17) is 10.00 Å². The van der Waals surface area contributed by atoms with Crippen molar-refractivity contribution in [3.8, 4) is 11.8 Å². The molecule has 1 aliphatic heterocycles. The zero-order valence-electron chi connectivity index (χ0n) is 10.9. The van der Waals surface area contributed by atoms with E-state index in [-0.39, 0.29) is 18.5 Å². The zero-order chi connectivity index (χ0) is 13.7. The molecule has 1 atom stereocenters. The fourth-order valence-corrected chi connectivity index (χ4v) is 2.28. The van der Waals surface area contributed by atoms with E-state index in [1.807, 2.05) is 17.0 Å². The topological polar surface area (TPSA) is 65.4 Å². The first-order chi connectivity index (χ1) is 9.24. The Morgan fingerprint density at radius 2 is 2.37 bits per heavy atom. The van der Waals surface area contributed by atoms with Crippen LogP contribution in [-0.4, -0.2) is 37.0 Å². The van der Waals surface area contributed by atoms with Crippen molar-refractivity contribution in [1.29, 1.82) is 5.26 Å². The third-order valence-electron chi connectivity index (χ3n) is 3.24. The average molecular weight is 259 g/mol. The molecule has 1 amide bonds. The number of nitrogens with one attached hydrogen (secondary N) is 1. The third kappa shape index (κ3) is 3.24. The van der Waals surface area contributed by atoms with E-state index in [0.29, 0.717) is 11.4 Å². The van der Waals surface area contributed by atoms with Crippen LogP contribution in [0.2, 0.25) is 0 Å². The van der Waals surface area contributed by atoms with Crippen molar-refractivity contribution in [1.82, 2.24) is 4.90 Å². The summed E-state index contributed by atoms with van der Waals surface area (Å²) in [6.45, 7) is 1.05. The Balaban J connectivity index is 1.96. The number of nitrogens with zero attached hydrogens (tertiary/aromatic N) is 2. The number of hydrogen-bond donors (Lipinski definition) is 1. The van der Waals surface area contributed by atoms with Crippen molar-refractivity contribution in [3.63, 3.8) is 0 Å². The van der Waals surface area contributed by atoms with Crippen LogP contribution in [-0.2, 0) is 4.79 Å². The van der Waals surface area contributed by atoms with Gasteiger partial charge < -0.3 is 10.1 Å². The normalized spacial score (nSPS) is 18.8. The lowest BCUT2D eigenvalue weighted by atomic mass is 10.2. The summed E-state index contributed by atoms with van der Waals surface area (Å²) in [4.78, 5) is 13.9. The maximum Gasteiger partial charge on any atom is 0.238 e. The Kier molecular flexibility index (Phi) is 4.37. The summed E-state index contributed by atoms with van der Waals surface area (Å²) in [7, 11) is 1.57. The number of methoxy groups -OCH3 is 1. The standard InChI is InChI=1S/C14H17N3O2/c1-19-13-7-3-2-6-12(13)16-14(18)10-17-8-4-5-11(17)9-15/h2-3,6-7,11H,4-5,8,10H2,1H3,(H,16,18). The molecule has 0 bridgehead atoms. The molecule has 0 radical (unpaired) electrons. The molecule has 0 spiro atoms. The van der Waals surface area contributed by atoms with Crippen molar-refractivity contribution in [3.05, 3.63) is 24.3 Å². The van der Waals surface area contributed by atoms with Gasteiger partial charge in [0, 0.05) is 6.54 Å². The van der Waals surface area contributed by atoms with E-state index in [0.717, 1.165) is 19.4 Å². The first kappa shape index (κ1) is 13.4. The van der Waals surface area contributed by atoms with E-state index >= 15 is 0 Å². The summed E-state index contributed by atoms with van der Waals surface area (Å²) in [5.74, 6) is 0.515. The molecule has 1 aromatic carbocycles. The quantitative estimate of drug-likeness (QED) is 0.892. The molecule has 1 aliphatic rings. The fourth-order valence-electron chi connectivity index (χ4n) is 2.28. The second kappa shape index (κ2) is 6.21. The summed E-state index contributed by atoms with van der Waals surface area (Å²) in [5.41, 5.74) is 0.655. The number of carbonyl (C=O) groups is 1. The summed E-state index contributed by atoms with van der Waals surface area (Å²) in [5, 5.41) is 11.8. The molecule has 2 rings (SSSR count). The summed E-state index contributed by atoms with van der Waals surface area (Å²) < 4.78 is 5.18. The summed E-state index contributed by atoms with van der Waals surface area (Å²) >= 11 is 0. The molecule has 1 unspecified atom stereocenters. The molecule has 0 saturated carbocycles. The number of benzene rings is 1. The summed E-state index contributed by atoms with van der Waals surface area (Å²) in [6.07, 6.45) is 1.82. The van der Waals surface area contributed by atoms with Crippen LogP contribution in [0.15, 0.2) is 24.3 Å². The molecule has 0 aromatic heterocycles. The Morgan fingerprint density at radius 1 is 1.58 bits per heavy atom. The number of likely N-dealkylation sites (tertiary alicyclic amines) is 1.